The molecule has 1 N–H and O–H groups in total. The molecular formula is C22H28ClF4N7O4. The number of halogens is 5. The first-order valence-electron chi connectivity index (χ1n) is 11.8. The number of piperazine rings is 1. The van der Waals surface area contributed by atoms with E-state index in [2.05, 4.69) is 15.5 Å². The number of carbonyl (C=O) groups excluding carboxylic acids is 3. The summed E-state index contributed by atoms with van der Waals surface area (Å²) in [6.45, 7) is 7.61. The predicted octanol–water partition coefficient (Wildman–Crippen LogP) is 3.98. The van der Waals surface area contributed by atoms with Crippen LogP contribution in [0.3, 0.4) is 0 Å². The largest absolute Gasteiger partial charge is 0.450 e. The summed E-state index contributed by atoms with van der Waals surface area (Å²) in [5.41, 5.74) is -1.50. The number of ether oxygens (including phenoxy) is 1. The van der Waals surface area contributed by atoms with E-state index in [0.29, 0.717) is 36.6 Å². The monoisotopic (exact) mass is 565 g/mol. The summed E-state index contributed by atoms with van der Waals surface area (Å²) in [6, 6.07) is -2.17. The van der Waals surface area contributed by atoms with E-state index in [0.717, 1.165) is 0 Å². The molecule has 2 aromatic rings. The minimum Gasteiger partial charge on any atom is -0.450 e. The number of aryl methyl sites for hydroxylation is 1. The van der Waals surface area contributed by atoms with Gasteiger partial charge in [0, 0.05) is 32.4 Å². The molecule has 3 heterocycles. The lowest BCUT2D eigenvalue weighted by Crippen LogP contribution is -2.52. The van der Waals surface area contributed by atoms with Gasteiger partial charge in [-0.3, -0.25) is 14.3 Å². The molecule has 38 heavy (non-hydrogen) atoms. The molecule has 210 valence electrons. The zero-order chi connectivity index (χ0) is 28.3. The molecule has 0 saturated carbocycles. The Morgan fingerprint density at radius 2 is 1.63 bits per heavy atom. The molecule has 0 bridgehead atoms. The second-order valence-electron chi connectivity index (χ2n) is 8.59. The molecule has 3 rings (SSSR count). The van der Waals surface area contributed by atoms with Gasteiger partial charge in [0.2, 0.25) is 11.8 Å². The van der Waals surface area contributed by atoms with Gasteiger partial charge in [0.05, 0.1) is 23.0 Å². The van der Waals surface area contributed by atoms with E-state index in [4.69, 9.17) is 16.3 Å². The molecule has 0 aromatic carbocycles. The Morgan fingerprint density at radius 1 is 1.03 bits per heavy atom. The van der Waals surface area contributed by atoms with E-state index in [1.165, 1.54) is 22.7 Å². The number of amides is 3. The molecule has 1 aliphatic heterocycles. The van der Waals surface area contributed by atoms with Crippen molar-refractivity contribution >= 4 is 35.2 Å². The van der Waals surface area contributed by atoms with Crippen molar-refractivity contribution < 1.29 is 36.7 Å². The number of aromatic nitrogens is 4. The molecule has 2 unspecified atom stereocenters. The van der Waals surface area contributed by atoms with Crippen LogP contribution >= 0.6 is 11.6 Å². The zero-order valence-corrected chi connectivity index (χ0v) is 21.9. The van der Waals surface area contributed by atoms with Gasteiger partial charge in [-0.1, -0.05) is 11.6 Å². The summed E-state index contributed by atoms with van der Waals surface area (Å²) < 4.78 is 60.1. The minimum absolute atomic E-state index is 0.194. The summed E-state index contributed by atoms with van der Waals surface area (Å²) >= 11 is 5.67. The zero-order valence-electron chi connectivity index (χ0n) is 21.1. The van der Waals surface area contributed by atoms with Gasteiger partial charge in [0.15, 0.2) is 0 Å². The van der Waals surface area contributed by atoms with Crippen molar-refractivity contribution in [1.82, 2.24) is 29.4 Å². The normalized spacial score (nSPS) is 15.7. The fraction of sp³-hybridized carbons (Fsp3) is 0.591. The van der Waals surface area contributed by atoms with Crippen molar-refractivity contribution in [2.45, 2.75) is 52.6 Å². The number of hydrogen-bond acceptors (Lipinski definition) is 6. The van der Waals surface area contributed by atoms with Crippen molar-refractivity contribution in [3.8, 4) is 0 Å². The lowest BCUT2D eigenvalue weighted by molar-refractivity contribution is -0.136. The van der Waals surface area contributed by atoms with Gasteiger partial charge in [-0.05, 0) is 27.7 Å². The van der Waals surface area contributed by atoms with Gasteiger partial charge in [0.25, 0.3) is 12.9 Å². The van der Waals surface area contributed by atoms with Gasteiger partial charge in [-0.25, -0.2) is 27.0 Å². The average molecular weight is 566 g/mol. The lowest BCUT2D eigenvalue weighted by atomic mass is 10.2. The minimum atomic E-state index is -3.24. The van der Waals surface area contributed by atoms with Gasteiger partial charge < -0.3 is 19.9 Å². The predicted molar refractivity (Wildman–Crippen MR) is 127 cm³/mol. The first-order valence-corrected chi connectivity index (χ1v) is 12.2. The van der Waals surface area contributed by atoms with Crippen molar-refractivity contribution in [3.05, 3.63) is 28.3 Å². The van der Waals surface area contributed by atoms with E-state index in [-0.39, 0.29) is 18.2 Å². The highest BCUT2D eigenvalue weighted by atomic mass is 35.5. The summed E-state index contributed by atoms with van der Waals surface area (Å²) in [5.74, 6) is -1.09. The molecule has 0 radical (unpaired) electrons. The van der Waals surface area contributed by atoms with Crippen LogP contribution in [0.1, 0.15) is 62.8 Å². The fourth-order valence-corrected chi connectivity index (χ4v) is 4.22. The Kier molecular flexibility index (Phi) is 9.22. The van der Waals surface area contributed by atoms with Crippen LogP contribution in [0, 0.1) is 6.92 Å². The number of nitrogens with one attached hydrogen (secondary N) is 1. The van der Waals surface area contributed by atoms with Gasteiger partial charge >= 0.3 is 6.09 Å². The standard InChI is InChI=1S/C22H28ClF4N7O4/c1-5-38-22(37)32-8-6-31(7-9-32)21(36)13(4)33-10-14(11(2)29-33)28-20(35)12(3)34-17(19(26)27)15(23)16(30-34)18(24)25/h10,12-13,18-19H,5-9H2,1-4H3,(H,28,35). The smallest absolute Gasteiger partial charge is 0.409 e. The highest BCUT2D eigenvalue weighted by molar-refractivity contribution is 6.32. The summed E-state index contributed by atoms with van der Waals surface area (Å²) in [6.07, 6.45) is -5.47. The van der Waals surface area contributed by atoms with Crippen LogP contribution in [-0.2, 0) is 14.3 Å². The third-order valence-corrected chi connectivity index (χ3v) is 6.51. The molecule has 1 saturated heterocycles. The Balaban J connectivity index is 1.69. The third kappa shape index (κ3) is 6.03. The average Bonchev–Trinajstić information content (AvgIpc) is 3.42. The molecule has 16 heteroatoms. The Bertz CT molecular complexity index is 1180. The molecule has 0 aliphatic carbocycles. The molecule has 0 spiro atoms. The first kappa shape index (κ1) is 29.2. The van der Waals surface area contributed by atoms with Crippen molar-refractivity contribution in [2.24, 2.45) is 0 Å². The topological polar surface area (TPSA) is 115 Å². The van der Waals surface area contributed by atoms with Crippen LogP contribution in [0.2, 0.25) is 5.02 Å². The quantitative estimate of drug-likeness (QED) is 0.484. The Hall–Kier alpha value is -3.36. The van der Waals surface area contributed by atoms with E-state index in [9.17, 15) is 31.9 Å². The van der Waals surface area contributed by atoms with Gasteiger partial charge in [-0.15, -0.1) is 0 Å². The highest BCUT2D eigenvalue weighted by Gasteiger charge is 2.33. The maximum atomic E-state index is 13.5. The Morgan fingerprint density at radius 3 is 2.18 bits per heavy atom. The van der Waals surface area contributed by atoms with Crippen LogP contribution in [0.5, 0.6) is 0 Å². The summed E-state index contributed by atoms with van der Waals surface area (Å²) in [7, 11) is 0. The fourth-order valence-electron chi connectivity index (χ4n) is 3.93. The molecule has 2 atom stereocenters. The van der Waals surface area contributed by atoms with E-state index >= 15 is 0 Å². The maximum Gasteiger partial charge on any atom is 0.409 e. The van der Waals surface area contributed by atoms with Crippen LogP contribution < -0.4 is 5.32 Å². The molecule has 1 aliphatic rings. The molecule has 1 fully saturated rings. The summed E-state index contributed by atoms with van der Waals surface area (Å²) in [4.78, 5) is 40.8. The van der Waals surface area contributed by atoms with Crippen LogP contribution in [0.4, 0.5) is 28.0 Å². The number of nitrogens with zero attached hydrogens (tertiary/aromatic N) is 6. The SMILES string of the molecule is CCOC(=O)N1CCN(C(=O)C(C)n2cc(NC(=O)C(C)n3nc(C(F)F)c(Cl)c3C(F)F)c(C)n2)CC1. The van der Waals surface area contributed by atoms with Crippen LogP contribution in [-0.4, -0.2) is 80.1 Å². The van der Waals surface area contributed by atoms with E-state index in [1.807, 2.05) is 0 Å². The van der Waals surface area contributed by atoms with Crippen LogP contribution in [0.25, 0.3) is 0 Å². The number of rotatable bonds is 8. The molecular weight excluding hydrogens is 538 g/mol. The number of hydrogen-bond donors (Lipinski definition) is 1. The second kappa shape index (κ2) is 12.0. The summed E-state index contributed by atoms with van der Waals surface area (Å²) in [5, 5.41) is 9.34. The van der Waals surface area contributed by atoms with E-state index in [1.54, 1.807) is 25.7 Å². The van der Waals surface area contributed by atoms with E-state index < -0.39 is 53.3 Å². The highest BCUT2D eigenvalue weighted by Crippen LogP contribution is 2.36. The molecule has 11 nitrogen and oxygen atoms in total. The van der Waals surface area contributed by atoms with Gasteiger partial charge in [0.1, 0.15) is 23.5 Å². The van der Waals surface area contributed by atoms with Gasteiger partial charge in [-0.2, -0.15) is 10.2 Å². The third-order valence-electron chi connectivity index (χ3n) is 6.12. The Labute approximate surface area is 220 Å². The van der Waals surface area contributed by atoms with Crippen molar-refractivity contribution in [2.75, 3.05) is 38.1 Å². The molecule has 3 amide bonds. The number of alkyl halides is 4. The maximum absolute atomic E-state index is 13.5. The van der Waals surface area contributed by atoms with Crippen molar-refractivity contribution in [1.29, 1.82) is 0 Å². The van der Waals surface area contributed by atoms with Crippen molar-refractivity contribution in [3.63, 3.8) is 0 Å². The number of anilines is 1. The lowest BCUT2D eigenvalue weighted by Gasteiger charge is -2.35. The second-order valence-corrected chi connectivity index (χ2v) is 8.97. The molecule has 2 aromatic heterocycles. The first-order chi connectivity index (χ1) is 17.9. The van der Waals surface area contributed by atoms with Crippen LogP contribution in [0.15, 0.2) is 6.20 Å². The number of carbonyl (C=O) groups is 3.